The van der Waals surface area contributed by atoms with Crippen molar-refractivity contribution in [2.24, 2.45) is 0 Å². The second-order valence-electron chi connectivity index (χ2n) is 6.33. The topological polar surface area (TPSA) is 50.8 Å². The molecule has 3 rings (SSSR count). The summed E-state index contributed by atoms with van der Waals surface area (Å²) >= 11 is 1.73. The zero-order chi connectivity index (χ0) is 18.4. The Morgan fingerprint density at radius 2 is 2.00 bits per heavy atom. The summed E-state index contributed by atoms with van der Waals surface area (Å²) in [6.07, 6.45) is 0. The molecule has 2 atom stereocenters. The number of carbonyl (C=O) groups is 1. The molecule has 0 saturated carbocycles. The van der Waals surface area contributed by atoms with Crippen LogP contribution in [0.1, 0.15) is 35.1 Å². The largest absolute Gasteiger partial charge is 0.494 e. The Bertz CT molecular complexity index is 682. The van der Waals surface area contributed by atoms with E-state index in [0.29, 0.717) is 12.2 Å². The number of thiophene rings is 1. The summed E-state index contributed by atoms with van der Waals surface area (Å²) in [6.45, 7) is 7.87. The zero-order valence-corrected chi connectivity index (χ0v) is 16.1. The maximum absolute atomic E-state index is 12.7. The van der Waals surface area contributed by atoms with Gasteiger partial charge in [-0.2, -0.15) is 0 Å². The van der Waals surface area contributed by atoms with E-state index in [1.54, 1.807) is 11.3 Å². The van der Waals surface area contributed by atoms with E-state index >= 15 is 0 Å². The molecule has 0 bridgehead atoms. The molecule has 6 heteroatoms. The number of morpholine rings is 1. The number of hydrogen-bond acceptors (Lipinski definition) is 5. The van der Waals surface area contributed by atoms with Gasteiger partial charge in [0.15, 0.2) is 0 Å². The van der Waals surface area contributed by atoms with Crippen molar-refractivity contribution >= 4 is 17.2 Å². The van der Waals surface area contributed by atoms with Crippen LogP contribution in [0.4, 0.5) is 0 Å². The molecule has 2 unspecified atom stereocenters. The third-order valence-electron chi connectivity index (χ3n) is 4.53. The third kappa shape index (κ3) is 4.63. The molecule has 5 nitrogen and oxygen atoms in total. The van der Waals surface area contributed by atoms with Crippen LogP contribution in [0.15, 0.2) is 41.8 Å². The van der Waals surface area contributed by atoms with Crippen molar-refractivity contribution in [1.82, 2.24) is 10.2 Å². The number of rotatable bonds is 7. The predicted octanol–water partition coefficient (Wildman–Crippen LogP) is 3.34. The van der Waals surface area contributed by atoms with Crippen LogP contribution < -0.4 is 10.1 Å². The summed E-state index contributed by atoms with van der Waals surface area (Å²) in [4.78, 5) is 16.4. The fourth-order valence-corrected chi connectivity index (χ4v) is 4.26. The number of nitrogens with one attached hydrogen (secondary N) is 1. The molecule has 1 aromatic heterocycles. The van der Waals surface area contributed by atoms with Crippen LogP contribution >= 0.6 is 11.3 Å². The van der Waals surface area contributed by atoms with Gasteiger partial charge < -0.3 is 14.8 Å². The second-order valence-corrected chi connectivity index (χ2v) is 7.31. The lowest BCUT2D eigenvalue weighted by Gasteiger charge is -2.37. The minimum Gasteiger partial charge on any atom is -0.494 e. The average Bonchev–Trinajstić information content (AvgIpc) is 3.18. The zero-order valence-electron chi connectivity index (χ0n) is 15.3. The summed E-state index contributed by atoms with van der Waals surface area (Å²) in [5, 5.41) is 5.26. The molecular weight excluding hydrogens is 348 g/mol. The smallest absolute Gasteiger partial charge is 0.251 e. The van der Waals surface area contributed by atoms with E-state index in [1.165, 1.54) is 4.88 Å². The lowest BCUT2D eigenvalue weighted by Crippen LogP contribution is -2.48. The Morgan fingerprint density at radius 3 is 2.62 bits per heavy atom. The Balaban J connectivity index is 1.70. The highest BCUT2D eigenvalue weighted by Crippen LogP contribution is 2.29. The van der Waals surface area contributed by atoms with Gasteiger partial charge in [0.05, 0.1) is 25.9 Å². The van der Waals surface area contributed by atoms with Crippen molar-refractivity contribution in [2.45, 2.75) is 25.9 Å². The molecule has 0 spiro atoms. The van der Waals surface area contributed by atoms with Gasteiger partial charge in [0.2, 0.25) is 0 Å². The van der Waals surface area contributed by atoms with Gasteiger partial charge in [0.1, 0.15) is 5.75 Å². The Morgan fingerprint density at radius 1 is 1.27 bits per heavy atom. The van der Waals surface area contributed by atoms with Crippen LogP contribution in [0.5, 0.6) is 5.75 Å². The van der Waals surface area contributed by atoms with Crippen LogP contribution in [-0.4, -0.2) is 49.8 Å². The number of hydrogen-bond donors (Lipinski definition) is 1. The molecule has 1 aliphatic rings. The number of carbonyl (C=O) groups excluding carboxylic acids is 1. The standard InChI is InChI=1S/C20H26N2O3S/c1-3-25-17-8-6-16(7-9-17)20(23)21-15(2)19(18-5-4-14-26-18)22-10-12-24-13-11-22/h4-9,14-15,19H,3,10-13H2,1-2H3,(H,21,23). The quantitative estimate of drug-likeness (QED) is 0.808. The van der Waals surface area contributed by atoms with Crippen LogP contribution in [-0.2, 0) is 4.74 Å². The van der Waals surface area contributed by atoms with Gasteiger partial charge in [-0.05, 0) is 49.6 Å². The fraction of sp³-hybridized carbons (Fsp3) is 0.450. The number of ether oxygens (including phenoxy) is 2. The fourth-order valence-electron chi connectivity index (χ4n) is 3.30. The first-order valence-corrected chi connectivity index (χ1v) is 9.96. The van der Waals surface area contributed by atoms with Crippen molar-refractivity contribution < 1.29 is 14.3 Å². The highest BCUT2D eigenvalue weighted by Gasteiger charge is 2.29. The predicted molar refractivity (Wildman–Crippen MR) is 104 cm³/mol. The molecule has 2 aromatic rings. The molecule has 1 aromatic carbocycles. The van der Waals surface area contributed by atoms with Crippen LogP contribution in [0.25, 0.3) is 0 Å². The van der Waals surface area contributed by atoms with E-state index in [2.05, 4.69) is 34.7 Å². The van der Waals surface area contributed by atoms with Crippen molar-refractivity contribution in [3.8, 4) is 5.75 Å². The minimum atomic E-state index is -0.0598. The van der Waals surface area contributed by atoms with E-state index < -0.39 is 0 Å². The Labute approximate surface area is 158 Å². The third-order valence-corrected chi connectivity index (χ3v) is 5.48. The average molecular weight is 375 g/mol. The summed E-state index contributed by atoms with van der Waals surface area (Å²) in [7, 11) is 0. The van der Waals surface area contributed by atoms with Crippen molar-refractivity contribution in [2.75, 3.05) is 32.9 Å². The van der Waals surface area contributed by atoms with Gasteiger partial charge in [-0.25, -0.2) is 0 Å². The lowest BCUT2D eigenvalue weighted by molar-refractivity contribution is 0.00969. The van der Waals surface area contributed by atoms with Gasteiger partial charge in [0, 0.05) is 29.6 Å². The van der Waals surface area contributed by atoms with E-state index in [1.807, 2.05) is 31.2 Å². The van der Waals surface area contributed by atoms with Crippen molar-refractivity contribution in [3.05, 3.63) is 52.2 Å². The van der Waals surface area contributed by atoms with E-state index in [4.69, 9.17) is 9.47 Å². The molecule has 2 heterocycles. The molecule has 26 heavy (non-hydrogen) atoms. The Hall–Kier alpha value is -1.89. The number of nitrogens with zero attached hydrogens (tertiary/aromatic N) is 1. The highest BCUT2D eigenvalue weighted by atomic mass is 32.1. The molecule has 0 aliphatic carbocycles. The van der Waals surface area contributed by atoms with Gasteiger partial charge in [0.25, 0.3) is 5.91 Å². The summed E-state index contributed by atoms with van der Waals surface area (Å²) < 4.78 is 10.9. The molecule has 1 aliphatic heterocycles. The monoisotopic (exact) mass is 374 g/mol. The molecule has 1 fully saturated rings. The number of benzene rings is 1. The summed E-state index contributed by atoms with van der Waals surface area (Å²) in [5.74, 6) is 0.720. The molecule has 1 saturated heterocycles. The SMILES string of the molecule is CCOc1ccc(C(=O)NC(C)C(c2cccs2)N2CCOCC2)cc1. The normalized spacial score (nSPS) is 17.5. The van der Waals surface area contributed by atoms with Gasteiger partial charge in [-0.1, -0.05) is 6.07 Å². The first-order valence-electron chi connectivity index (χ1n) is 9.08. The van der Waals surface area contributed by atoms with Gasteiger partial charge in [-0.15, -0.1) is 11.3 Å². The van der Waals surface area contributed by atoms with Crippen LogP contribution in [0, 0.1) is 0 Å². The maximum atomic E-state index is 12.7. The lowest BCUT2D eigenvalue weighted by atomic mass is 10.0. The number of amides is 1. The molecule has 0 radical (unpaired) electrons. The molecule has 1 N–H and O–H groups in total. The first kappa shape index (κ1) is 18.9. The van der Waals surface area contributed by atoms with E-state index in [9.17, 15) is 4.79 Å². The van der Waals surface area contributed by atoms with Gasteiger partial charge in [-0.3, -0.25) is 9.69 Å². The van der Waals surface area contributed by atoms with Crippen LogP contribution in [0.3, 0.4) is 0 Å². The summed E-state index contributed by atoms with van der Waals surface area (Å²) in [5.41, 5.74) is 0.646. The van der Waals surface area contributed by atoms with Gasteiger partial charge >= 0.3 is 0 Å². The first-order chi connectivity index (χ1) is 12.7. The molecule has 140 valence electrons. The van der Waals surface area contributed by atoms with Crippen molar-refractivity contribution in [1.29, 1.82) is 0 Å². The van der Waals surface area contributed by atoms with Crippen molar-refractivity contribution in [3.63, 3.8) is 0 Å². The Kier molecular flexibility index (Phi) is 6.66. The molecule has 1 amide bonds. The van der Waals surface area contributed by atoms with E-state index in [-0.39, 0.29) is 18.0 Å². The van der Waals surface area contributed by atoms with E-state index in [0.717, 1.165) is 32.1 Å². The van der Waals surface area contributed by atoms with Crippen LogP contribution in [0.2, 0.25) is 0 Å². The minimum absolute atomic E-state index is 0.00850. The summed E-state index contributed by atoms with van der Waals surface area (Å²) in [6, 6.07) is 11.6. The molecular formula is C20H26N2O3S. The second kappa shape index (κ2) is 9.16. The highest BCUT2D eigenvalue weighted by molar-refractivity contribution is 7.10. The maximum Gasteiger partial charge on any atom is 0.251 e.